The molecule has 1 amide bonds. The molecule has 0 aliphatic carbocycles. The second kappa shape index (κ2) is 7.36. The lowest BCUT2D eigenvalue weighted by Crippen LogP contribution is -2.30. The highest BCUT2D eigenvalue weighted by Crippen LogP contribution is 2.19. The second-order valence-corrected chi connectivity index (χ2v) is 4.65. The number of hydrogen-bond donors (Lipinski definition) is 1. The van der Waals surface area contributed by atoms with Crippen molar-refractivity contribution in [3.05, 3.63) is 48.5 Å². The topological polar surface area (TPSA) is 56.8 Å². The summed E-state index contributed by atoms with van der Waals surface area (Å²) in [5.41, 5.74) is 0.691. The van der Waals surface area contributed by atoms with Crippen molar-refractivity contribution < 1.29 is 19.0 Å². The fourth-order valence-corrected chi connectivity index (χ4v) is 1.83. The largest absolute Gasteiger partial charge is 0.497 e. The van der Waals surface area contributed by atoms with Crippen molar-refractivity contribution in [2.24, 2.45) is 0 Å². The van der Waals surface area contributed by atoms with E-state index in [1.165, 1.54) is 0 Å². The van der Waals surface area contributed by atoms with Crippen LogP contribution in [0.15, 0.2) is 48.5 Å². The molecule has 0 spiro atoms. The van der Waals surface area contributed by atoms with E-state index in [1.807, 2.05) is 0 Å². The minimum absolute atomic E-state index is 0.221. The van der Waals surface area contributed by atoms with E-state index in [-0.39, 0.29) is 5.91 Å². The Morgan fingerprint density at radius 2 is 1.32 bits per heavy atom. The highest BCUT2D eigenvalue weighted by molar-refractivity contribution is 5.94. The number of benzene rings is 2. The predicted octanol–water partition coefficient (Wildman–Crippen LogP) is 3.11. The maximum Gasteiger partial charge on any atom is 0.265 e. The Hall–Kier alpha value is -2.69. The number of carbonyl (C=O) groups excluding carboxylic acids is 1. The first-order valence-corrected chi connectivity index (χ1v) is 6.88. The third-order valence-electron chi connectivity index (χ3n) is 3.10. The van der Waals surface area contributed by atoms with Crippen LogP contribution in [0.4, 0.5) is 5.69 Å². The lowest BCUT2D eigenvalue weighted by molar-refractivity contribution is -0.122. The summed E-state index contributed by atoms with van der Waals surface area (Å²) in [6.45, 7) is 1.70. The summed E-state index contributed by atoms with van der Waals surface area (Å²) >= 11 is 0. The molecule has 0 bridgehead atoms. The third-order valence-corrected chi connectivity index (χ3v) is 3.10. The number of anilines is 1. The van der Waals surface area contributed by atoms with Crippen LogP contribution in [0.25, 0.3) is 0 Å². The van der Waals surface area contributed by atoms with Crippen LogP contribution in [0.2, 0.25) is 0 Å². The van der Waals surface area contributed by atoms with Crippen LogP contribution in [0.3, 0.4) is 0 Å². The van der Waals surface area contributed by atoms with E-state index in [0.29, 0.717) is 11.4 Å². The molecule has 22 heavy (non-hydrogen) atoms. The molecule has 0 aliphatic heterocycles. The Balaban J connectivity index is 1.92. The smallest absolute Gasteiger partial charge is 0.265 e. The molecule has 5 nitrogen and oxygen atoms in total. The molecule has 2 aromatic carbocycles. The van der Waals surface area contributed by atoms with Crippen LogP contribution < -0.4 is 19.5 Å². The fourth-order valence-electron chi connectivity index (χ4n) is 1.83. The number of amides is 1. The SMILES string of the molecule is COc1ccc(NC(=O)[C@H](C)Oc2ccc(OC)cc2)cc1. The molecule has 1 atom stereocenters. The summed E-state index contributed by atoms with van der Waals surface area (Å²) < 4.78 is 15.7. The molecule has 0 radical (unpaired) electrons. The second-order valence-electron chi connectivity index (χ2n) is 4.65. The fraction of sp³-hybridized carbons (Fsp3) is 0.235. The molecule has 2 aromatic rings. The molecule has 0 unspecified atom stereocenters. The number of methoxy groups -OCH3 is 2. The third kappa shape index (κ3) is 4.15. The number of ether oxygens (including phenoxy) is 3. The first-order valence-electron chi connectivity index (χ1n) is 6.88. The van der Waals surface area contributed by atoms with Crippen LogP contribution in [0.5, 0.6) is 17.2 Å². The molecular formula is C17H19NO4. The zero-order valence-corrected chi connectivity index (χ0v) is 12.8. The number of rotatable bonds is 6. The van der Waals surface area contributed by atoms with E-state index in [9.17, 15) is 4.79 Å². The minimum Gasteiger partial charge on any atom is -0.497 e. The van der Waals surface area contributed by atoms with Gasteiger partial charge in [0.05, 0.1) is 14.2 Å². The van der Waals surface area contributed by atoms with Gasteiger partial charge in [0, 0.05) is 5.69 Å². The summed E-state index contributed by atoms with van der Waals surface area (Å²) in [4.78, 5) is 12.1. The number of hydrogen-bond acceptors (Lipinski definition) is 4. The van der Waals surface area contributed by atoms with Gasteiger partial charge in [-0.15, -0.1) is 0 Å². The van der Waals surface area contributed by atoms with Crippen LogP contribution in [0, 0.1) is 0 Å². The van der Waals surface area contributed by atoms with Crippen LogP contribution >= 0.6 is 0 Å². The molecule has 2 rings (SSSR count). The lowest BCUT2D eigenvalue weighted by Gasteiger charge is -2.15. The Bertz CT molecular complexity index is 608. The molecule has 0 aromatic heterocycles. The zero-order valence-electron chi connectivity index (χ0n) is 12.8. The molecule has 1 N–H and O–H groups in total. The number of carbonyl (C=O) groups is 1. The van der Waals surface area contributed by atoms with Gasteiger partial charge >= 0.3 is 0 Å². The van der Waals surface area contributed by atoms with Crippen LogP contribution in [-0.2, 0) is 4.79 Å². The van der Waals surface area contributed by atoms with Gasteiger partial charge in [0.1, 0.15) is 17.2 Å². The average molecular weight is 301 g/mol. The Morgan fingerprint density at radius 3 is 1.82 bits per heavy atom. The number of nitrogens with one attached hydrogen (secondary N) is 1. The van der Waals surface area contributed by atoms with Crippen LogP contribution in [-0.4, -0.2) is 26.2 Å². The summed E-state index contributed by atoms with van der Waals surface area (Å²) in [7, 11) is 3.19. The average Bonchev–Trinajstić information content (AvgIpc) is 2.56. The van der Waals surface area contributed by atoms with Gasteiger partial charge in [-0.1, -0.05) is 0 Å². The maximum absolute atomic E-state index is 12.1. The minimum atomic E-state index is -0.615. The predicted molar refractivity (Wildman–Crippen MR) is 84.7 cm³/mol. The van der Waals surface area contributed by atoms with Crippen LogP contribution in [0.1, 0.15) is 6.92 Å². The van der Waals surface area contributed by atoms with Crippen molar-refractivity contribution in [2.45, 2.75) is 13.0 Å². The normalized spacial score (nSPS) is 11.4. The Morgan fingerprint density at radius 1 is 0.864 bits per heavy atom. The van der Waals surface area contributed by atoms with Gasteiger partial charge in [0.25, 0.3) is 5.91 Å². The Labute approximate surface area is 129 Å². The summed E-state index contributed by atoms with van der Waals surface area (Å²) in [6, 6.07) is 14.2. The molecule has 0 fully saturated rings. The van der Waals surface area contributed by atoms with E-state index in [2.05, 4.69) is 5.32 Å². The van der Waals surface area contributed by atoms with Crippen molar-refractivity contribution in [1.82, 2.24) is 0 Å². The van der Waals surface area contributed by atoms with Crippen molar-refractivity contribution in [2.75, 3.05) is 19.5 Å². The zero-order chi connectivity index (χ0) is 15.9. The van der Waals surface area contributed by atoms with Gasteiger partial charge in [-0.05, 0) is 55.5 Å². The lowest BCUT2D eigenvalue weighted by atomic mass is 10.2. The van der Waals surface area contributed by atoms with E-state index in [4.69, 9.17) is 14.2 Å². The first kappa shape index (κ1) is 15.7. The monoisotopic (exact) mass is 301 g/mol. The van der Waals surface area contributed by atoms with E-state index in [0.717, 1.165) is 11.5 Å². The van der Waals surface area contributed by atoms with Gasteiger partial charge in [0.2, 0.25) is 0 Å². The van der Waals surface area contributed by atoms with Crippen molar-refractivity contribution in [3.8, 4) is 17.2 Å². The van der Waals surface area contributed by atoms with E-state index < -0.39 is 6.10 Å². The molecule has 0 aliphatic rings. The van der Waals surface area contributed by atoms with Gasteiger partial charge in [-0.2, -0.15) is 0 Å². The molecule has 116 valence electrons. The highest BCUT2D eigenvalue weighted by atomic mass is 16.5. The van der Waals surface area contributed by atoms with Gasteiger partial charge in [-0.3, -0.25) is 4.79 Å². The highest BCUT2D eigenvalue weighted by Gasteiger charge is 2.14. The molecular weight excluding hydrogens is 282 g/mol. The van der Waals surface area contributed by atoms with Crippen molar-refractivity contribution >= 4 is 11.6 Å². The first-order chi connectivity index (χ1) is 10.6. The van der Waals surface area contributed by atoms with Gasteiger partial charge in [0.15, 0.2) is 6.10 Å². The maximum atomic E-state index is 12.1. The molecule has 0 saturated heterocycles. The molecule has 0 saturated carbocycles. The van der Waals surface area contributed by atoms with Gasteiger partial charge in [-0.25, -0.2) is 0 Å². The summed E-state index contributed by atoms with van der Waals surface area (Å²) in [6.07, 6.45) is -0.615. The standard InChI is InChI=1S/C17H19NO4/c1-12(22-16-10-8-15(21-3)9-11-16)17(19)18-13-4-6-14(20-2)7-5-13/h4-12H,1-3H3,(H,18,19)/t12-/m0/s1. The Kier molecular flexibility index (Phi) is 5.25. The summed E-state index contributed by atoms with van der Waals surface area (Å²) in [5, 5.41) is 2.79. The van der Waals surface area contributed by atoms with E-state index in [1.54, 1.807) is 69.7 Å². The quantitative estimate of drug-likeness (QED) is 0.890. The van der Waals surface area contributed by atoms with Crippen molar-refractivity contribution in [1.29, 1.82) is 0 Å². The van der Waals surface area contributed by atoms with Gasteiger partial charge < -0.3 is 19.5 Å². The van der Waals surface area contributed by atoms with Crippen molar-refractivity contribution in [3.63, 3.8) is 0 Å². The van der Waals surface area contributed by atoms with E-state index >= 15 is 0 Å². The summed E-state index contributed by atoms with van der Waals surface area (Å²) in [5.74, 6) is 1.86. The molecule has 0 heterocycles. The molecule has 5 heteroatoms.